The van der Waals surface area contributed by atoms with Crippen molar-refractivity contribution in [2.24, 2.45) is 17.3 Å². The quantitative estimate of drug-likeness (QED) is 0.590. The first-order valence-corrected chi connectivity index (χ1v) is 10.9. The summed E-state index contributed by atoms with van der Waals surface area (Å²) in [6, 6.07) is 16.5. The first kappa shape index (κ1) is 21.0. The summed E-state index contributed by atoms with van der Waals surface area (Å²) in [7, 11) is 0. The van der Waals surface area contributed by atoms with Crippen molar-refractivity contribution < 1.29 is 9.53 Å². The van der Waals surface area contributed by atoms with E-state index in [2.05, 4.69) is 31.3 Å². The smallest absolute Gasteiger partial charge is 0.326 e. The fourth-order valence-corrected chi connectivity index (χ4v) is 4.87. The van der Waals surface area contributed by atoms with Gasteiger partial charge < -0.3 is 10.1 Å². The van der Waals surface area contributed by atoms with Gasteiger partial charge in [0.15, 0.2) is 0 Å². The topological polar surface area (TPSA) is 65.4 Å². The molecule has 1 N–H and O–H groups in total. The van der Waals surface area contributed by atoms with Crippen LogP contribution in [0.3, 0.4) is 0 Å². The van der Waals surface area contributed by atoms with Crippen molar-refractivity contribution in [2.45, 2.75) is 33.6 Å². The zero-order valence-electron chi connectivity index (χ0n) is 18.4. The second-order valence-corrected chi connectivity index (χ2v) is 8.96. The molecule has 0 spiro atoms. The van der Waals surface area contributed by atoms with Crippen molar-refractivity contribution in [3.05, 3.63) is 65.7 Å². The van der Waals surface area contributed by atoms with Crippen LogP contribution in [0.5, 0.6) is 5.75 Å². The zero-order valence-corrected chi connectivity index (χ0v) is 18.4. The maximum Gasteiger partial charge on any atom is 0.326 e. The summed E-state index contributed by atoms with van der Waals surface area (Å²) in [6.07, 6.45) is 4.62. The number of amides is 2. The van der Waals surface area contributed by atoms with Gasteiger partial charge in [-0.1, -0.05) is 31.6 Å². The van der Waals surface area contributed by atoms with E-state index in [-0.39, 0.29) is 6.03 Å². The molecule has 31 heavy (non-hydrogen) atoms. The Balaban J connectivity index is 1.59. The number of anilines is 2. The molecule has 5 heteroatoms. The summed E-state index contributed by atoms with van der Waals surface area (Å²) >= 11 is 0. The van der Waals surface area contributed by atoms with E-state index in [9.17, 15) is 4.79 Å². The maximum atomic E-state index is 13.4. The van der Waals surface area contributed by atoms with Gasteiger partial charge in [-0.05, 0) is 79.5 Å². The van der Waals surface area contributed by atoms with Gasteiger partial charge in [0.05, 0.1) is 18.2 Å². The van der Waals surface area contributed by atoms with E-state index in [1.54, 1.807) is 29.2 Å². The molecule has 2 atom stereocenters. The number of nitrogens with zero attached hydrogens (tertiary/aromatic N) is 2. The van der Waals surface area contributed by atoms with Crippen molar-refractivity contribution in [1.29, 1.82) is 5.26 Å². The molecule has 2 unspecified atom stereocenters. The minimum Gasteiger partial charge on any atom is -0.494 e. The van der Waals surface area contributed by atoms with Crippen molar-refractivity contribution >= 4 is 17.4 Å². The van der Waals surface area contributed by atoms with E-state index in [1.165, 1.54) is 12.0 Å². The Labute approximate surface area is 184 Å². The molecule has 2 amide bonds. The van der Waals surface area contributed by atoms with Gasteiger partial charge in [0.1, 0.15) is 5.75 Å². The fraction of sp³-hybridized carbons (Fsp3) is 0.385. The molecule has 5 rings (SSSR count). The van der Waals surface area contributed by atoms with E-state index >= 15 is 0 Å². The minimum absolute atomic E-state index is 0.209. The Bertz CT molecular complexity index is 1030. The van der Waals surface area contributed by atoms with Gasteiger partial charge in [-0.3, -0.25) is 4.90 Å². The number of hydrogen-bond donors (Lipinski definition) is 1. The second kappa shape index (κ2) is 8.47. The molecule has 0 radical (unpaired) electrons. The monoisotopic (exact) mass is 415 g/mol. The van der Waals surface area contributed by atoms with Crippen molar-refractivity contribution in [2.75, 3.05) is 23.4 Å². The Morgan fingerprint density at radius 3 is 2.68 bits per heavy atom. The van der Waals surface area contributed by atoms with E-state index in [1.807, 2.05) is 31.2 Å². The van der Waals surface area contributed by atoms with Crippen LogP contribution in [0.25, 0.3) is 0 Å². The first-order valence-electron chi connectivity index (χ1n) is 10.9. The second-order valence-electron chi connectivity index (χ2n) is 8.96. The van der Waals surface area contributed by atoms with Crippen molar-refractivity contribution in [1.82, 2.24) is 0 Å². The Morgan fingerprint density at radius 1 is 1.26 bits per heavy atom. The molecule has 3 aliphatic rings. The Morgan fingerprint density at radius 2 is 2.03 bits per heavy atom. The van der Waals surface area contributed by atoms with E-state index in [0.29, 0.717) is 35.7 Å². The number of urea groups is 1. The van der Waals surface area contributed by atoms with Crippen LogP contribution in [0.2, 0.25) is 0 Å². The summed E-state index contributed by atoms with van der Waals surface area (Å²) in [5.41, 5.74) is 3.58. The van der Waals surface area contributed by atoms with Crippen LogP contribution in [-0.4, -0.2) is 19.2 Å². The number of benzene rings is 2. The van der Waals surface area contributed by atoms with Crippen molar-refractivity contribution in [3.8, 4) is 11.8 Å². The molecule has 5 nitrogen and oxygen atoms in total. The number of nitriles is 1. The van der Waals surface area contributed by atoms with Crippen LogP contribution in [0, 0.1) is 28.6 Å². The van der Waals surface area contributed by atoms with Gasteiger partial charge in [0.2, 0.25) is 0 Å². The molecule has 2 aromatic rings. The normalized spacial score (nSPS) is 20.6. The number of rotatable bonds is 6. The molecule has 0 saturated heterocycles. The van der Waals surface area contributed by atoms with Crippen LogP contribution < -0.4 is 15.0 Å². The summed E-state index contributed by atoms with van der Waals surface area (Å²) < 4.78 is 5.56. The average molecular weight is 416 g/mol. The van der Waals surface area contributed by atoms with Gasteiger partial charge in [-0.25, -0.2) is 4.79 Å². The third kappa shape index (κ3) is 4.16. The van der Waals surface area contributed by atoms with Gasteiger partial charge in [-0.2, -0.15) is 5.26 Å². The number of nitrogens with one attached hydrogen (secondary N) is 1. The number of carbonyl (C=O) groups is 1. The highest BCUT2D eigenvalue weighted by molar-refractivity contribution is 6.02. The van der Waals surface area contributed by atoms with Crippen LogP contribution >= 0.6 is 0 Å². The molecular weight excluding hydrogens is 386 g/mol. The van der Waals surface area contributed by atoms with Gasteiger partial charge in [0.25, 0.3) is 0 Å². The van der Waals surface area contributed by atoms with Crippen LogP contribution in [0.1, 0.15) is 39.2 Å². The summed E-state index contributed by atoms with van der Waals surface area (Å²) in [6.45, 7) is 7.79. The molecule has 0 heterocycles. The average Bonchev–Trinajstić information content (AvgIpc) is 2.78. The van der Waals surface area contributed by atoms with Gasteiger partial charge in [0, 0.05) is 17.9 Å². The van der Waals surface area contributed by atoms with Crippen LogP contribution in [0.4, 0.5) is 16.2 Å². The van der Waals surface area contributed by atoms with Gasteiger partial charge in [-0.15, -0.1) is 0 Å². The number of allylic oxidation sites excluding steroid dienone is 1. The lowest BCUT2D eigenvalue weighted by Crippen LogP contribution is -2.50. The highest BCUT2D eigenvalue weighted by atomic mass is 16.5. The molecule has 2 bridgehead atoms. The van der Waals surface area contributed by atoms with Crippen LogP contribution in [-0.2, 0) is 0 Å². The maximum absolute atomic E-state index is 13.4. The molecule has 3 aliphatic carbocycles. The van der Waals surface area contributed by atoms with Crippen molar-refractivity contribution in [3.63, 3.8) is 0 Å². The Kier molecular flexibility index (Phi) is 5.73. The summed E-state index contributed by atoms with van der Waals surface area (Å²) in [5, 5.41) is 12.1. The molecule has 2 aromatic carbocycles. The number of carbonyl (C=O) groups excluding carboxylic acids is 1. The largest absolute Gasteiger partial charge is 0.494 e. The predicted molar refractivity (Wildman–Crippen MR) is 123 cm³/mol. The van der Waals surface area contributed by atoms with E-state index < -0.39 is 0 Å². The van der Waals surface area contributed by atoms with E-state index in [4.69, 9.17) is 10.00 Å². The molecule has 1 saturated carbocycles. The lowest BCUT2D eigenvalue weighted by atomic mass is 9.49. The number of hydrogen-bond acceptors (Lipinski definition) is 3. The lowest BCUT2D eigenvalue weighted by Gasteiger charge is -2.57. The highest BCUT2D eigenvalue weighted by Crippen LogP contribution is 2.59. The highest BCUT2D eigenvalue weighted by Gasteiger charge is 2.51. The van der Waals surface area contributed by atoms with Gasteiger partial charge >= 0.3 is 6.03 Å². The number of fused-ring (bicyclic) bond motifs is 1. The molecular formula is C26H29N3O2. The summed E-state index contributed by atoms with van der Waals surface area (Å²) in [5.74, 6) is 2.06. The molecule has 160 valence electrons. The van der Waals surface area contributed by atoms with Crippen LogP contribution in [0.15, 0.2) is 60.2 Å². The van der Waals surface area contributed by atoms with E-state index in [0.717, 1.165) is 23.8 Å². The zero-order chi connectivity index (χ0) is 22.0. The minimum atomic E-state index is -0.209. The third-order valence-corrected chi connectivity index (χ3v) is 6.87. The fourth-order valence-electron chi connectivity index (χ4n) is 4.87. The molecule has 0 aliphatic heterocycles. The lowest BCUT2D eigenvalue weighted by molar-refractivity contribution is -0.00666. The standard InChI is InChI=1S/C26H29N3O2/c1-4-31-23-12-10-22(11-13-23)29(17-19-8-9-20-15-24(19)26(20,2)3)25(30)28-21-7-5-6-18(14-21)16-27/h5-8,10-14,20,24H,4,9,15,17H2,1-3H3,(H,28,30). The summed E-state index contributed by atoms with van der Waals surface area (Å²) in [4.78, 5) is 15.1. The Hall–Kier alpha value is -3.26. The third-order valence-electron chi connectivity index (χ3n) is 6.87. The number of ether oxygens (including phenoxy) is 1. The molecule has 1 fully saturated rings. The SMILES string of the molecule is CCOc1ccc(N(CC2=CCC3CC2C3(C)C)C(=O)Nc2cccc(C#N)c2)cc1. The first-order chi connectivity index (χ1) is 14.9. The molecule has 0 aromatic heterocycles. The predicted octanol–water partition coefficient (Wildman–Crippen LogP) is 5.99.